The molecular formula is C22H16BrN3O3. The number of rotatable bonds is 1. The van der Waals surface area contributed by atoms with Crippen LogP contribution in [0.1, 0.15) is 35.1 Å². The number of carbonyl (C=O) groups is 1. The van der Waals surface area contributed by atoms with E-state index in [2.05, 4.69) is 21.2 Å². The number of furan rings is 1. The highest BCUT2D eigenvalue weighted by molar-refractivity contribution is 9.10. The number of aryl methyl sites for hydroxylation is 1. The number of nitrogens with one attached hydrogen (secondary N) is 1. The van der Waals surface area contributed by atoms with E-state index >= 15 is 0 Å². The molecule has 3 aliphatic rings. The molecule has 0 saturated carbocycles. The first kappa shape index (κ1) is 16.9. The summed E-state index contributed by atoms with van der Waals surface area (Å²) >= 11 is 3.53. The minimum absolute atomic E-state index is 0.129. The molecule has 144 valence electrons. The van der Waals surface area contributed by atoms with E-state index in [1.165, 1.54) is 0 Å². The number of hydrogen-bond donors (Lipinski definition) is 1. The fraction of sp³-hybridized carbons (Fsp3) is 0.182. The number of hydrazone groups is 1. The topological polar surface area (TPSA) is 67.1 Å². The van der Waals surface area contributed by atoms with Crippen molar-refractivity contribution in [3.8, 4) is 5.75 Å². The Kier molecular flexibility index (Phi) is 3.33. The second kappa shape index (κ2) is 5.73. The summed E-state index contributed by atoms with van der Waals surface area (Å²) in [7, 11) is 0. The summed E-state index contributed by atoms with van der Waals surface area (Å²) in [5.41, 5.74) is 1.93. The van der Waals surface area contributed by atoms with Gasteiger partial charge in [-0.25, -0.2) is 5.01 Å². The number of benzene rings is 2. The van der Waals surface area contributed by atoms with Crippen molar-refractivity contribution in [1.82, 2.24) is 5.01 Å². The number of ether oxygens (including phenoxy) is 1. The molecule has 6 nitrogen and oxygen atoms in total. The molecule has 0 unspecified atom stereocenters. The van der Waals surface area contributed by atoms with E-state index in [0.717, 1.165) is 38.5 Å². The third kappa shape index (κ3) is 2.22. The van der Waals surface area contributed by atoms with Gasteiger partial charge in [0, 0.05) is 16.5 Å². The van der Waals surface area contributed by atoms with Crippen molar-refractivity contribution < 1.29 is 13.9 Å². The molecule has 7 heteroatoms. The van der Waals surface area contributed by atoms with E-state index in [0.29, 0.717) is 12.2 Å². The molecule has 1 aromatic heterocycles. The summed E-state index contributed by atoms with van der Waals surface area (Å²) in [6, 6.07) is 17.2. The number of halogens is 1. The number of carbonyl (C=O) groups excluding carboxylic acids is 1. The quantitative estimate of drug-likeness (QED) is 0.584. The van der Waals surface area contributed by atoms with E-state index in [-0.39, 0.29) is 11.9 Å². The molecule has 1 spiro atoms. The van der Waals surface area contributed by atoms with E-state index in [1.807, 2.05) is 61.5 Å². The summed E-state index contributed by atoms with van der Waals surface area (Å²) in [5.74, 6) is 2.00. The van der Waals surface area contributed by atoms with Crippen LogP contribution in [0.3, 0.4) is 0 Å². The Balaban J connectivity index is 1.59. The van der Waals surface area contributed by atoms with Crippen molar-refractivity contribution in [2.75, 3.05) is 5.32 Å². The van der Waals surface area contributed by atoms with E-state index in [1.54, 1.807) is 5.01 Å². The molecule has 0 bridgehead atoms. The lowest BCUT2D eigenvalue weighted by Crippen LogP contribution is -2.55. The van der Waals surface area contributed by atoms with Gasteiger partial charge in [-0.05, 0) is 43.3 Å². The van der Waals surface area contributed by atoms with Gasteiger partial charge in [-0.2, -0.15) is 5.10 Å². The van der Waals surface area contributed by atoms with Gasteiger partial charge in [0.25, 0.3) is 5.91 Å². The summed E-state index contributed by atoms with van der Waals surface area (Å²) in [5, 5.41) is 9.63. The maximum Gasteiger partial charge on any atom is 0.306 e. The second-order valence-corrected chi connectivity index (χ2v) is 8.37. The van der Waals surface area contributed by atoms with Crippen molar-refractivity contribution in [3.63, 3.8) is 0 Å². The predicted molar refractivity (Wildman–Crippen MR) is 111 cm³/mol. The lowest BCUT2D eigenvalue weighted by molar-refractivity contribution is -0.161. The average molecular weight is 450 g/mol. The smallest absolute Gasteiger partial charge is 0.306 e. The van der Waals surface area contributed by atoms with Gasteiger partial charge in [-0.1, -0.05) is 34.1 Å². The zero-order chi connectivity index (χ0) is 19.8. The monoisotopic (exact) mass is 449 g/mol. The fourth-order valence-electron chi connectivity index (χ4n) is 4.40. The molecule has 0 saturated heterocycles. The van der Waals surface area contributed by atoms with Crippen molar-refractivity contribution in [3.05, 3.63) is 81.7 Å². The van der Waals surface area contributed by atoms with Crippen LogP contribution in [0.5, 0.6) is 5.75 Å². The van der Waals surface area contributed by atoms with Crippen LogP contribution in [0.2, 0.25) is 0 Å². The Morgan fingerprint density at radius 1 is 1.21 bits per heavy atom. The number of nitrogens with zero attached hydrogens (tertiary/aromatic N) is 2. The maximum atomic E-state index is 13.3. The molecule has 0 fully saturated rings. The van der Waals surface area contributed by atoms with Crippen molar-refractivity contribution in [2.24, 2.45) is 5.10 Å². The lowest BCUT2D eigenvalue weighted by atomic mass is 9.93. The Morgan fingerprint density at radius 2 is 2.07 bits per heavy atom. The summed E-state index contributed by atoms with van der Waals surface area (Å²) in [6.07, 6.45) is 0.631. The number of anilines is 1. The predicted octanol–water partition coefficient (Wildman–Crippen LogP) is 4.70. The lowest BCUT2D eigenvalue weighted by Gasteiger charge is -2.43. The van der Waals surface area contributed by atoms with Crippen molar-refractivity contribution in [2.45, 2.75) is 25.1 Å². The molecule has 2 atom stereocenters. The molecule has 1 amide bonds. The maximum absolute atomic E-state index is 13.3. The molecule has 3 aliphatic heterocycles. The van der Waals surface area contributed by atoms with Gasteiger partial charge in [0.2, 0.25) is 0 Å². The van der Waals surface area contributed by atoms with Crippen LogP contribution in [0, 0.1) is 6.92 Å². The zero-order valence-corrected chi connectivity index (χ0v) is 17.1. The number of hydrogen-bond acceptors (Lipinski definition) is 5. The van der Waals surface area contributed by atoms with Crippen LogP contribution in [0.25, 0.3) is 0 Å². The molecule has 2 aromatic carbocycles. The standard InChI is InChI=1S/C22H16BrN3O3/c1-12-6-9-20(28-12)17-11-18-14-4-2-3-5-19(14)29-22(26(18)25-17)15-10-13(23)7-8-16(15)24-21(22)27/h2-10,18H,11H2,1H3,(H,24,27)/t18-,22-/m0/s1. The fourth-order valence-corrected chi connectivity index (χ4v) is 4.76. The van der Waals surface area contributed by atoms with Crippen LogP contribution >= 0.6 is 15.9 Å². The van der Waals surface area contributed by atoms with Gasteiger partial charge in [-0.3, -0.25) is 4.79 Å². The van der Waals surface area contributed by atoms with Gasteiger partial charge >= 0.3 is 5.72 Å². The minimum Gasteiger partial charge on any atom is -0.460 e. The zero-order valence-electron chi connectivity index (χ0n) is 15.5. The molecule has 0 aliphatic carbocycles. The second-order valence-electron chi connectivity index (χ2n) is 7.45. The van der Waals surface area contributed by atoms with Crippen LogP contribution in [-0.4, -0.2) is 16.6 Å². The highest BCUT2D eigenvalue weighted by Crippen LogP contribution is 2.54. The molecular weight excluding hydrogens is 434 g/mol. The van der Waals surface area contributed by atoms with Crippen LogP contribution in [-0.2, 0) is 10.5 Å². The highest BCUT2D eigenvalue weighted by atomic mass is 79.9. The Labute approximate surface area is 175 Å². The third-order valence-electron chi connectivity index (χ3n) is 5.70. The van der Waals surface area contributed by atoms with E-state index < -0.39 is 5.72 Å². The SMILES string of the molecule is Cc1ccc(C2=NN3[C@@H](C2)c2ccccc2O[C@@]32C(=O)Nc3ccc(Br)cc32)o1. The molecule has 29 heavy (non-hydrogen) atoms. The summed E-state index contributed by atoms with van der Waals surface area (Å²) in [6.45, 7) is 1.91. The number of para-hydroxylation sites is 1. The third-order valence-corrected chi connectivity index (χ3v) is 6.19. The number of fused-ring (bicyclic) bond motifs is 6. The molecule has 6 rings (SSSR count). The van der Waals surface area contributed by atoms with Gasteiger partial charge in [0.05, 0.1) is 17.3 Å². The first-order valence-electron chi connectivity index (χ1n) is 9.39. The van der Waals surface area contributed by atoms with Gasteiger partial charge in [0.1, 0.15) is 23.0 Å². The largest absolute Gasteiger partial charge is 0.460 e. The Bertz CT molecular complexity index is 1220. The summed E-state index contributed by atoms with van der Waals surface area (Å²) < 4.78 is 13.1. The van der Waals surface area contributed by atoms with Gasteiger partial charge < -0.3 is 14.5 Å². The normalized spacial score (nSPS) is 23.9. The van der Waals surface area contributed by atoms with Crippen LogP contribution < -0.4 is 10.1 Å². The molecule has 0 radical (unpaired) electrons. The van der Waals surface area contributed by atoms with Crippen LogP contribution in [0.15, 0.2) is 68.6 Å². The van der Waals surface area contributed by atoms with Gasteiger partial charge in [-0.15, -0.1) is 0 Å². The van der Waals surface area contributed by atoms with E-state index in [9.17, 15) is 4.79 Å². The Morgan fingerprint density at radius 3 is 2.90 bits per heavy atom. The van der Waals surface area contributed by atoms with Gasteiger partial charge in [0.15, 0.2) is 0 Å². The minimum atomic E-state index is -1.36. The summed E-state index contributed by atoms with van der Waals surface area (Å²) in [4.78, 5) is 13.3. The molecule has 4 heterocycles. The van der Waals surface area contributed by atoms with Crippen molar-refractivity contribution >= 4 is 33.2 Å². The molecule has 1 N–H and O–H groups in total. The number of amides is 1. The van der Waals surface area contributed by atoms with Crippen molar-refractivity contribution in [1.29, 1.82) is 0 Å². The van der Waals surface area contributed by atoms with E-state index in [4.69, 9.17) is 14.3 Å². The first-order chi connectivity index (χ1) is 14.1. The average Bonchev–Trinajstić information content (AvgIpc) is 3.40. The van der Waals surface area contributed by atoms with Crippen LogP contribution in [0.4, 0.5) is 5.69 Å². The highest BCUT2D eigenvalue weighted by Gasteiger charge is 2.61. The Hall–Kier alpha value is -3.06. The first-order valence-corrected chi connectivity index (χ1v) is 10.2. The molecule has 3 aromatic rings.